The van der Waals surface area contributed by atoms with Gasteiger partial charge in [0, 0.05) is 30.5 Å². The normalized spacial score (nSPS) is 19.0. The zero-order valence-corrected chi connectivity index (χ0v) is 12.9. The van der Waals surface area contributed by atoms with Gasteiger partial charge in [-0.2, -0.15) is 5.10 Å². The molecule has 5 heteroatoms. The number of aromatic nitrogens is 2. The van der Waals surface area contributed by atoms with Crippen LogP contribution in [0.15, 0.2) is 42.7 Å². The fourth-order valence-corrected chi connectivity index (χ4v) is 2.90. The number of nitrogens with zero attached hydrogens (tertiary/aromatic N) is 3. The summed E-state index contributed by atoms with van der Waals surface area (Å²) in [6.45, 7) is 2.78. The lowest BCUT2D eigenvalue weighted by molar-refractivity contribution is 0.0912. The van der Waals surface area contributed by atoms with Crippen LogP contribution in [0.25, 0.3) is 0 Å². The minimum Gasteiger partial charge on any atom is -0.348 e. The third kappa shape index (κ3) is 3.74. The molecule has 0 aliphatic carbocycles. The SMILES string of the molecule is CN1CCC[C@H](NC(=O)c2ccc(Cn3cccn3)cc2)C1. The Labute approximate surface area is 130 Å². The molecule has 22 heavy (non-hydrogen) atoms. The zero-order chi connectivity index (χ0) is 15.4. The molecule has 0 bridgehead atoms. The number of carbonyl (C=O) groups is 1. The Morgan fingerprint density at radius 1 is 1.36 bits per heavy atom. The highest BCUT2D eigenvalue weighted by Gasteiger charge is 2.19. The summed E-state index contributed by atoms with van der Waals surface area (Å²) < 4.78 is 1.87. The van der Waals surface area contributed by atoms with E-state index in [-0.39, 0.29) is 11.9 Å². The molecule has 0 radical (unpaired) electrons. The molecule has 2 aromatic rings. The van der Waals surface area contributed by atoms with E-state index >= 15 is 0 Å². The molecule has 1 aliphatic heterocycles. The monoisotopic (exact) mass is 298 g/mol. The van der Waals surface area contributed by atoms with Crippen molar-refractivity contribution in [1.29, 1.82) is 0 Å². The van der Waals surface area contributed by atoms with Gasteiger partial charge in [-0.05, 0) is 50.2 Å². The van der Waals surface area contributed by atoms with Gasteiger partial charge < -0.3 is 10.2 Å². The molecule has 1 N–H and O–H groups in total. The first kappa shape index (κ1) is 14.8. The first-order valence-corrected chi connectivity index (χ1v) is 7.76. The smallest absolute Gasteiger partial charge is 0.251 e. The summed E-state index contributed by atoms with van der Waals surface area (Å²) in [5.74, 6) is 0.0194. The van der Waals surface area contributed by atoms with Crippen LogP contribution in [0.3, 0.4) is 0 Å². The predicted molar refractivity (Wildman–Crippen MR) is 85.8 cm³/mol. The van der Waals surface area contributed by atoms with Crippen LogP contribution in [0.2, 0.25) is 0 Å². The van der Waals surface area contributed by atoms with Crippen molar-refractivity contribution in [2.75, 3.05) is 20.1 Å². The molecule has 0 spiro atoms. The summed E-state index contributed by atoms with van der Waals surface area (Å²) in [4.78, 5) is 14.6. The standard InChI is InChI=1S/C17H22N4O/c1-20-10-2-4-16(13-20)19-17(22)15-7-5-14(6-8-15)12-21-11-3-9-18-21/h3,5-9,11,16H,2,4,10,12-13H2,1H3,(H,19,22)/t16-/m0/s1. The summed E-state index contributed by atoms with van der Waals surface area (Å²) in [6.07, 6.45) is 5.90. The molecule has 1 aliphatic rings. The van der Waals surface area contributed by atoms with Crippen LogP contribution in [0.5, 0.6) is 0 Å². The second-order valence-electron chi connectivity index (χ2n) is 5.98. The number of benzene rings is 1. The van der Waals surface area contributed by atoms with E-state index in [0.29, 0.717) is 0 Å². The van der Waals surface area contributed by atoms with Gasteiger partial charge in [0.25, 0.3) is 5.91 Å². The van der Waals surface area contributed by atoms with Gasteiger partial charge in [-0.25, -0.2) is 0 Å². The Morgan fingerprint density at radius 2 is 2.18 bits per heavy atom. The number of likely N-dealkylation sites (N-methyl/N-ethyl adjacent to an activating group) is 1. The van der Waals surface area contributed by atoms with Gasteiger partial charge in [0.05, 0.1) is 6.54 Å². The number of nitrogens with one attached hydrogen (secondary N) is 1. The second-order valence-corrected chi connectivity index (χ2v) is 5.98. The van der Waals surface area contributed by atoms with Gasteiger partial charge in [-0.15, -0.1) is 0 Å². The maximum atomic E-state index is 12.3. The highest BCUT2D eigenvalue weighted by atomic mass is 16.1. The highest BCUT2D eigenvalue weighted by molar-refractivity contribution is 5.94. The minimum absolute atomic E-state index is 0.0194. The largest absolute Gasteiger partial charge is 0.348 e. The van der Waals surface area contributed by atoms with Crippen molar-refractivity contribution in [3.05, 3.63) is 53.9 Å². The summed E-state index contributed by atoms with van der Waals surface area (Å²) in [5, 5.41) is 7.32. The average Bonchev–Trinajstić information content (AvgIpc) is 3.01. The molecule has 2 heterocycles. The van der Waals surface area contributed by atoms with Crippen molar-refractivity contribution >= 4 is 5.91 Å². The van der Waals surface area contributed by atoms with Crippen LogP contribution in [0, 0.1) is 0 Å². The maximum absolute atomic E-state index is 12.3. The van der Waals surface area contributed by atoms with Gasteiger partial charge in [0.15, 0.2) is 0 Å². The molecule has 1 atom stereocenters. The van der Waals surface area contributed by atoms with Gasteiger partial charge in [-0.3, -0.25) is 9.48 Å². The summed E-state index contributed by atoms with van der Waals surface area (Å²) in [7, 11) is 2.10. The molecular weight excluding hydrogens is 276 g/mol. The highest BCUT2D eigenvalue weighted by Crippen LogP contribution is 2.10. The Balaban J connectivity index is 1.58. The molecule has 0 unspecified atom stereocenters. The fraction of sp³-hybridized carbons (Fsp3) is 0.412. The van der Waals surface area contributed by atoms with Gasteiger partial charge in [-0.1, -0.05) is 12.1 Å². The molecular formula is C17H22N4O. The Kier molecular flexibility index (Phi) is 4.53. The zero-order valence-electron chi connectivity index (χ0n) is 12.9. The van der Waals surface area contributed by atoms with E-state index in [2.05, 4.69) is 22.4 Å². The quantitative estimate of drug-likeness (QED) is 0.935. The minimum atomic E-state index is 0.0194. The van der Waals surface area contributed by atoms with E-state index in [0.717, 1.165) is 43.6 Å². The lowest BCUT2D eigenvalue weighted by Crippen LogP contribution is -2.46. The Morgan fingerprint density at radius 3 is 2.86 bits per heavy atom. The average molecular weight is 298 g/mol. The number of amides is 1. The molecule has 1 saturated heterocycles. The van der Waals surface area contributed by atoms with Crippen molar-refractivity contribution < 1.29 is 4.79 Å². The summed E-state index contributed by atoms with van der Waals surface area (Å²) in [6, 6.07) is 9.92. The van der Waals surface area contributed by atoms with Crippen LogP contribution < -0.4 is 5.32 Å². The number of piperidine rings is 1. The third-order valence-corrected chi connectivity index (χ3v) is 4.08. The van der Waals surface area contributed by atoms with Crippen molar-refractivity contribution in [2.45, 2.75) is 25.4 Å². The predicted octanol–water partition coefficient (Wildman–Crippen LogP) is 1.76. The Hall–Kier alpha value is -2.14. The molecule has 0 saturated carbocycles. The van der Waals surface area contributed by atoms with Gasteiger partial charge >= 0.3 is 0 Å². The molecule has 1 fully saturated rings. The van der Waals surface area contributed by atoms with Crippen LogP contribution in [0.1, 0.15) is 28.8 Å². The molecule has 5 nitrogen and oxygen atoms in total. The van der Waals surface area contributed by atoms with E-state index in [9.17, 15) is 4.79 Å². The van der Waals surface area contributed by atoms with E-state index in [1.54, 1.807) is 6.20 Å². The van der Waals surface area contributed by atoms with Gasteiger partial charge in [0.2, 0.25) is 0 Å². The van der Waals surface area contributed by atoms with E-state index in [1.807, 2.05) is 41.2 Å². The lowest BCUT2D eigenvalue weighted by atomic mass is 10.1. The molecule has 3 rings (SSSR count). The van der Waals surface area contributed by atoms with Crippen LogP contribution in [-0.2, 0) is 6.54 Å². The number of likely N-dealkylation sites (tertiary alicyclic amines) is 1. The van der Waals surface area contributed by atoms with E-state index < -0.39 is 0 Å². The molecule has 1 amide bonds. The topological polar surface area (TPSA) is 50.2 Å². The molecule has 1 aromatic heterocycles. The van der Waals surface area contributed by atoms with Crippen molar-refractivity contribution in [2.24, 2.45) is 0 Å². The number of carbonyl (C=O) groups excluding carboxylic acids is 1. The van der Waals surface area contributed by atoms with Gasteiger partial charge in [0.1, 0.15) is 0 Å². The first-order valence-electron chi connectivity index (χ1n) is 7.76. The third-order valence-electron chi connectivity index (χ3n) is 4.08. The van der Waals surface area contributed by atoms with Crippen molar-refractivity contribution in [1.82, 2.24) is 20.0 Å². The van der Waals surface area contributed by atoms with Crippen molar-refractivity contribution in [3.8, 4) is 0 Å². The van der Waals surface area contributed by atoms with E-state index in [1.165, 1.54) is 0 Å². The Bertz CT molecular complexity index is 606. The van der Waals surface area contributed by atoms with Crippen LogP contribution >= 0.6 is 0 Å². The van der Waals surface area contributed by atoms with Crippen LogP contribution in [0.4, 0.5) is 0 Å². The maximum Gasteiger partial charge on any atom is 0.251 e. The summed E-state index contributed by atoms with van der Waals surface area (Å²) in [5.41, 5.74) is 1.86. The lowest BCUT2D eigenvalue weighted by Gasteiger charge is -2.30. The summed E-state index contributed by atoms with van der Waals surface area (Å²) >= 11 is 0. The second kappa shape index (κ2) is 6.75. The fourth-order valence-electron chi connectivity index (χ4n) is 2.90. The molecule has 116 valence electrons. The number of hydrogen-bond donors (Lipinski definition) is 1. The molecule has 1 aromatic carbocycles. The number of hydrogen-bond acceptors (Lipinski definition) is 3. The first-order chi connectivity index (χ1) is 10.7. The van der Waals surface area contributed by atoms with E-state index in [4.69, 9.17) is 0 Å². The van der Waals surface area contributed by atoms with Crippen LogP contribution in [-0.4, -0.2) is 46.8 Å². The van der Waals surface area contributed by atoms with Crippen molar-refractivity contribution in [3.63, 3.8) is 0 Å². The number of rotatable bonds is 4.